The van der Waals surface area contributed by atoms with Crippen LogP contribution in [0.5, 0.6) is 5.75 Å². The second-order valence-electron chi connectivity index (χ2n) is 5.90. The molecule has 3 rings (SSSR count). The van der Waals surface area contributed by atoms with Crippen molar-refractivity contribution in [3.8, 4) is 17.0 Å². The Morgan fingerprint density at radius 2 is 2.08 bits per heavy atom. The second kappa shape index (κ2) is 7.51. The molecular weight excluding hydrogens is 370 g/mol. The Morgan fingerprint density at radius 1 is 1.27 bits per heavy atom. The van der Waals surface area contributed by atoms with Crippen molar-refractivity contribution < 1.29 is 13.2 Å². The summed E-state index contributed by atoms with van der Waals surface area (Å²) >= 11 is 1.19. The van der Waals surface area contributed by atoms with Crippen molar-refractivity contribution >= 4 is 27.0 Å². The van der Waals surface area contributed by atoms with Crippen molar-refractivity contribution in [1.29, 1.82) is 0 Å². The minimum Gasteiger partial charge on any atom is -0.495 e. The molecule has 1 N–H and O–H groups in total. The monoisotopic (exact) mass is 391 g/mol. The van der Waals surface area contributed by atoms with Gasteiger partial charge in [0.1, 0.15) is 9.96 Å². The number of anilines is 1. The molecule has 0 unspecified atom stereocenters. The molecule has 2 heterocycles. The minimum absolute atomic E-state index is 0.250. The molecule has 0 saturated heterocycles. The highest BCUT2D eigenvalue weighted by Gasteiger charge is 2.20. The van der Waals surface area contributed by atoms with Crippen LogP contribution in [0.2, 0.25) is 0 Å². The van der Waals surface area contributed by atoms with Crippen LogP contribution in [0.25, 0.3) is 11.3 Å². The van der Waals surface area contributed by atoms with Crippen molar-refractivity contribution in [1.82, 2.24) is 9.78 Å². The summed E-state index contributed by atoms with van der Waals surface area (Å²) in [5, 5.41) is 6.13. The molecule has 0 aliphatic carbocycles. The minimum atomic E-state index is -3.70. The maximum absolute atomic E-state index is 12.8. The highest BCUT2D eigenvalue weighted by molar-refractivity contribution is 7.94. The fraction of sp³-hybridized carbons (Fsp3) is 0.278. The van der Waals surface area contributed by atoms with Crippen LogP contribution < -0.4 is 9.46 Å². The van der Waals surface area contributed by atoms with E-state index in [0.717, 1.165) is 29.8 Å². The van der Waals surface area contributed by atoms with E-state index in [4.69, 9.17) is 4.74 Å². The summed E-state index contributed by atoms with van der Waals surface area (Å²) in [5.41, 5.74) is 3.13. The number of sulfonamides is 1. The fourth-order valence-corrected chi connectivity index (χ4v) is 4.89. The predicted molar refractivity (Wildman–Crippen MR) is 104 cm³/mol. The van der Waals surface area contributed by atoms with Crippen molar-refractivity contribution in [2.45, 2.75) is 31.0 Å². The van der Waals surface area contributed by atoms with E-state index in [1.807, 2.05) is 29.1 Å². The Kier molecular flexibility index (Phi) is 5.33. The molecule has 0 spiro atoms. The average Bonchev–Trinajstić information content (AvgIpc) is 3.24. The summed E-state index contributed by atoms with van der Waals surface area (Å²) in [6, 6.07) is 8.94. The van der Waals surface area contributed by atoms with Gasteiger partial charge >= 0.3 is 0 Å². The van der Waals surface area contributed by atoms with E-state index in [1.165, 1.54) is 18.4 Å². The van der Waals surface area contributed by atoms with E-state index in [1.54, 1.807) is 24.4 Å². The van der Waals surface area contributed by atoms with Gasteiger partial charge in [-0.3, -0.25) is 9.40 Å². The molecule has 138 valence electrons. The van der Waals surface area contributed by atoms with Crippen LogP contribution in [-0.2, 0) is 16.6 Å². The number of rotatable bonds is 7. The first-order valence-corrected chi connectivity index (χ1v) is 10.6. The van der Waals surface area contributed by atoms with Crippen LogP contribution in [0.3, 0.4) is 0 Å². The van der Waals surface area contributed by atoms with E-state index < -0.39 is 10.0 Å². The molecule has 0 amide bonds. The van der Waals surface area contributed by atoms with Crippen molar-refractivity contribution in [3.05, 3.63) is 47.5 Å². The lowest BCUT2D eigenvalue weighted by atomic mass is 10.2. The third kappa shape index (κ3) is 3.76. The molecule has 0 saturated carbocycles. The van der Waals surface area contributed by atoms with Gasteiger partial charge in [0.25, 0.3) is 10.0 Å². The van der Waals surface area contributed by atoms with E-state index in [-0.39, 0.29) is 4.21 Å². The standard InChI is InChI=1S/C18H21N3O3S2/c1-4-9-21-16(7-8-19-21)14-11-18(25-12-14)26(22,23)20-15-10-13(2)5-6-17(15)24-3/h5-8,10-12,20H,4,9H2,1-3H3. The van der Waals surface area contributed by atoms with Crippen molar-refractivity contribution in [2.75, 3.05) is 11.8 Å². The SMILES string of the molecule is CCCn1nccc1-c1csc(S(=O)(=O)Nc2cc(C)ccc2OC)c1. The number of thiophene rings is 1. The van der Waals surface area contributed by atoms with Gasteiger partial charge in [-0.25, -0.2) is 8.42 Å². The molecule has 0 aliphatic rings. The van der Waals surface area contributed by atoms with Gasteiger partial charge in [0, 0.05) is 23.7 Å². The lowest BCUT2D eigenvalue weighted by molar-refractivity contribution is 0.417. The summed E-state index contributed by atoms with van der Waals surface area (Å²) in [4.78, 5) is 0. The van der Waals surface area contributed by atoms with E-state index in [9.17, 15) is 8.42 Å². The smallest absolute Gasteiger partial charge is 0.271 e. The first-order valence-electron chi connectivity index (χ1n) is 8.22. The zero-order valence-electron chi connectivity index (χ0n) is 14.9. The molecule has 0 atom stereocenters. The zero-order chi connectivity index (χ0) is 18.7. The maximum atomic E-state index is 12.8. The molecule has 26 heavy (non-hydrogen) atoms. The number of aromatic nitrogens is 2. The summed E-state index contributed by atoms with van der Waals surface area (Å²) in [6.45, 7) is 4.77. The molecule has 2 aromatic heterocycles. The van der Waals surface area contributed by atoms with Gasteiger partial charge < -0.3 is 4.74 Å². The first kappa shape index (κ1) is 18.5. The van der Waals surface area contributed by atoms with Gasteiger partial charge in [0.05, 0.1) is 18.5 Å². The van der Waals surface area contributed by atoms with Gasteiger partial charge in [0.2, 0.25) is 0 Å². The number of nitrogens with one attached hydrogen (secondary N) is 1. The molecule has 0 radical (unpaired) electrons. The zero-order valence-corrected chi connectivity index (χ0v) is 16.5. The molecule has 8 heteroatoms. The Bertz CT molecular complexity index is 1010. The lowest BCUT2D eigenvalue weighted by Crippen LogP contribution is -2.12. The molecule has 0 fully saturated rings. The molecule has 0 aliphatic heterocycles. The average molecular weight is 392 g/mol. The molecule has 6 nitrogen and oxygen atoms in total. The Hall–Kier alpha value is -2.32. The van der Waals surface area contributed by atoms with Crippen LogP contribution in [0.4, 0.5) is 5.69 Å². The normalized spacial score (nSPS) is 11.5. The summed E-state index contributed by atoms with van der Waals surface area (Å²) in [7, 11) is -2.18. The highest BCUT2D eigenvalue weighted by atomic mass is 32.2. The summed E-state index contributed by atoms with van der Waals surface area (Å²) in [5.74, 6) is 0.483. The quantitative estimate of drug-likeness (QED) is 0.657. The van der Waals surface area contributed by atoms with Gasteiger partial charge in [-0.15, -0.1) is 11.3 Å². The number of hydrogen-bond donors (Lipinski definition) is 1. The number of methoxy groups -OCH3 is 1. The third-order valence-corrected chi connectivity index (χ3v) is 6.69. The third-order valence-electron chi connectivity index (χ3n) is 3.89. The first-order chi connectivity index (χ1) is 12.4. The van der Waals surface area contributed by atoms with Crippen LogP contribution in [0.15, 0.2) is 46.1 Å². The Labute approximate surface area is 157 Å². The summed E-state index contributed by atoms with van der Waals surface area (Å²) in [6.07, 6.45) is 2.69. The topological polar surface area (TPSA) is 73.2 Å². The van der Waals surface area contributed by atoms with Crippen LogP contribution in [-0.4, -0.2) is 25.3 Å². The van der Waals surface area contributed by atoms with Crippen LogP contribution in [0.1, 0.15) is 18.9 Å². The highest BCUT2D eigenvalue weighted by Crippen LogP contribution is 2.32. The number of hydrogen-bond acceptors (Lipinski definition) is 5. The van der Waals surface area contributed by atoms with E-state index >= 15 is 0 Å². The van der Waals surface area contributed by atoms with Crippen molar-refractivity contribution in [2.24, 2.45) is 0 Å². The van der Waals surface area contributed by atoms with Crippen LogP contribution in [0, 0.1) is 6.92 Å². The maximum Gasteiger partial charge on any atom is 0.271 e. The predicted octanol–water partition coefficient (Wildman–Crippen LogP) is 4.14. The number of aryl methyl sites for hydroxylation is 2. The molecule has 1 aromatic carbocycles. The van der Waals surface area contributed by atoms with Crippen molar-refractivity contribution in [3.63, 3.8) is 0 Å². The van der Waals surface area contributed by atoms with Gasteiger partial charge in [-0.05, 0) is 43.2 Å². The second-order valence-corrected chi connectivity index (χ2v) is 8.72. The van der Waals surface area contributed by atoms with Crippen LogP contribution >= 0.6 is 11.3 Å². The number of nitrogens with zero attached hydrogens (tertiary/aromatic N) is 2. The number of benzene rings is 1. The molecular formula is C18H21N3O3S2. The fourth-order valence-electron chi connectivity index (χ4n) is 2.66. The summed E-state index contributed by atoms with van der Waals surface area (Å²) < 4.78 is 35.6. The van der Waals surface area contributed by atoms with Gasteiger partial charge in [0.15, 0.2) is 0 Å². The molecule has 0 bridgehead atoms. The number of ether oxygens (including phenoxy) is 1. The van der Waals surface area contributed by atoms with Gasteiger partial charge in [-0.2, -0.15) is 5.10 Å². The van der Waals surface area contributed by atoms with E-state index in [2.05, 4.69) is 16.7 Å². The molecule has 3 aromatic rings. The lowest BCUT2D eigenvalue weighted by Gasteiger charge is -2.11. The van der Waals surface area contributed by atoms with Gasteiger partial charge in [-0.1, -0.05) is 13.0 Å². The Morgan fingerprint density at radius 3 is 2.81 bits per heavy atom. The Balaban J connectivity index is 1.91. The van der Waals surface area contributed by atoms with E-state index in [0.29, 0.717) is 11.4 Å². The largest absolute Gasteiger partial charge is 0.495 e.